The number of aromatic amines is 1. The summed E-state index contributed by atoms with van der Waals surface area (Å²) in [5.41, 5.74) is 1.32. The SMILES string of the molecule is Cc1cc(=O)c(COC(=O)Cc2ccoc2)n[nH]1. The first-order valence-electron chi connectivity index (χ1n) is 5.37. The highest BCUT2D eigenvalue weighted by Gasteiger charge is 2.08. The second-order valence-corrected chi connectivity index (χ2v) is 3.83. The second-order valence-electron chi connectivity index (χ2n) is 3.83. The van der Waals surface area contributed by atoms with Gasteiger partial charge in [-0.1, -0.05) is 0 Å². The topological polar surface area (TPSA) is 85.2 Å². The highest BCUT2D eigenvalue weighted by atomic mass is 16.5. The van der Waals surface area contributed by atoms with Crippen LogP contribution in [0.2, 0.25) is 0 Å². The Labute approximate surface area is 103 Å². The fourth-order valence-corrected chi connectivity index (χ4v) is 1.39. The number of nitrogens with zero attached hydrogens (tertiary/aromatic N) is 1. The maximum Gasteiger partial charge on any atom is 0.310 e. The number of carbonyl (C=O) groups excluding carboxylic acids is 1. The van der Waals surface area contributed by atoms with Gasteiger partial charge in [0.05, 0.1) is 18.9 Å². The third kappa shape index (κ3) is 3.07. The van der Waals surface area contributed by atoms with Crippen molar-refractivity contribution in [3.8, 4) is 0 Å². The minimum Gasteiger partial charge on any atom is -0.472 e. The standard InChI is InChI=1S/C12H12N2O4/c1-8-4-11(15)10(14-13-8)7-18-12(16)5-9-2-3-17-6-9/h2-4,6H,5,7H2,1H3,(H,13,15). The van der Waals surface area contributed by atoms with Gasteiger partial charge < -0.3 is 9.15 Å². The van der Waals surface area contributed by atoms with Gasteiger partial charge in [-0.15, -0.1) is 0 Å². The smallest absolute Gasteiger partial charge is 0.310 e. The van der Waals surface area contributed by atoms with Crippen LogP contribution in [-0.4, -0.2) is 16.2 Å². The quantitative estimate of drug-likeness (QED) is 0.814. The molecule has 1 N–H and O–H groups in total. The van der Waals surface area contributed by atoms with Crippen LogP contribution in [0, 0.1) is 6.92 Å². The van der Waals surface area contributed by atoms with Crippen molar-refractivity contribution < 1.29 is 13.9 Å². The Kier molecular flexibility index (Phi) is 3.57. The molecule has 2 heterocycles. The Morgan fingerprint density at radius 3 is 3.06 bits per heavy atom. The van der Waals surface area contributed by atoms with E-state index in [9.17, 15) is 9.59 Å². The van der Waals surface area contributed by atoms with Gasteiger partial charge >= 0.3 is 5.97 Å². The van der Waals surface area contributed by atoms with Crippen molar-refractivity contribution in [1.82, 2.24) is 10.2 Å². The molecule has 0 bridgehead atoms. The van der Waals surface area contributed by atoms with Gasteiger partial charge in [-0.3, -0.25) is 14.7 Å². The molecule has 0 saturated carbocycles. The summed E-state index contributed by atoms with van der Waals surface area (Å²) < 4.78 is 9.79. The van der Waals surface area contributed by atoms with Gasteiger partial charge in [0, 0.05) is 17.3 Å². The van der Waals surface area contributed by atoms with E-state index in [2.05, 4.69) is 10.2 Å². The Bertz CT molecular complexity index is 586. The molecule has 2 aromatic rings. The molecule has 0 fully saturated rings. The molecular weight excluding hydrogens is 236 g/mol. The van der Waals surface area contributed by atoms with E-state index in [-0.39, 0.29) is 24.2 Å². The molecule has 0 radical (unpaired) electrons. The van der Waals surface area contributed by atoms with Crippen molar-refractivity contribution in [1.29, 1.82) is 0 Å². The van der Waals surface area contributed by atoms with Crippen LogP contribution in [0.4, 0.5) is 0 Å². The predicted octanol–water partition coefficient (Wildman–Crippen LogP) is 0.957. The van der Waals surface area contributed by atoms with E-state index in [1.807, 2.05) is 0 Å². The first-order chi connectivity index (χ1) is 8.65. The normalized spacial score (nSPS) is 10.3. The number of H-pyrrole nitrogens is 1. The van der Waals surface area contributed by atoms with E-state index in [4.69, 9.17) is 9.15 Å². The average Bonchev–Trinajstić information content (AvgIpc) is 2.80. The molecule has 0 aliphatic rings. The van der Waals surface area contributed by atoms with Gasteiger partial charge in [0.15, 0.2) is 0 Å². The van der Waals surface area contributed by atoms with Crippen molar-refractivity contribution in [2.45, 2.75) is 20.0 Å². The molecule has 0 aliphatic heterocycles. The number of aryl methyl sites for hydroxylation is 1. The zero-order chi connectivity index (χ0) is 13.0. The third-order valence-electron chi connectivity index (χ3n) is 2.30. The molecule has 18 heavy (non-hydrogen) atoms. The number of esters is 1. The molecule has 0 saturated heterocycles. The van der Waals surface area contributed by atoms with Gasteiger partial charge in [-0.2, -0.15) is 5.10 Å². The average molecular weight is 248 g/mol. The lowest BCUT2D eigenvalue weighted by Gasteiger charge is -2.02. The van der Waals surface area contributed by atoms with Crippen molar-refractivity contribution in [2.75, 3.05) is 0 Å². The lowest BCUT2D eigenvalue weighted by atomic mass is 10.2. The fraction of sp³-hybridized carbons (Fsp3) is 0.250. The number of carbonyl (C=O) groups is 1. The van der Waals surface area contributed by atoms with Crippen LogP contribution in [0.25, 0.3) is 0 Å². The van der Waals surface area contributed by atoms with E-state index in [1.54, 1.807) is 13.0 Å². The summed E-state index contributed by atoms with van der Waals surface area (Å²) in [6.45, 7) is 1.59. The lowest BCUT2D eigenvalue weighted by Crippen LogP contribution is -2.16. The lowest BCUT2D eigenvalue weighted by molar-refractivity contribution is -0.144. The molecule has 0 aliphatic carbocycles. The minimum atomic E-state index is -0.432. The Morgan fingerprint density at radius 2 is 2.39 bits per heavy atom. The number of aromatic nitrogens is 2. The summed E-state index contributed by atoms with van der Waals surface area (Å²) >= 11 is 0. The van der Waals surface area contributed by atoms with Crippen LogP contribution in [-0.2, 0) is 22.6 Å². The van der Waals surface area contributed by atoms with Crippen LogP contribution >= 0.6 is 0 Å². The first kappa shape index (κ1) is 12.1. The Balaban J connectivity index is 1.91. The molecule has 94 valence electrons. The van der Waals surface area contributed by atoms with Crippen LogP contribution < -0.4 is 5.43 Å². The summed E-state index contributed by atoms with van der Waals surface area (Å²) in [4.78, 5) is 22.9. The van der Waals surface area contributed by atoms with Crippen molar-refractivity contribution >= 4 is 5.97 Å². The monoisotopic (exact) mass is 248 g/mol. The largest absolute Gasteiger partial charge is 0.472 e. The maximum absolute atomic E-state index is 11.5. The number of ether oxygens (including phenoxy) is 1. The summed E-state index contributed by atoms with van der Waals surface area (Å²) in [5, 5.41) is 6.47. The molecular formula is C12H12N2O4. The molecule has 0 atom stereocenters. The van der Waals surface area contributed by atoms with Gasteiger partial charge in [0.25, 0.3) is 0 Å². The van der Waals surface area contributed by atoms with Crippen LogP contribution in [0.5, 0.6) is 0 Å². The van der Waals surface area contributed by atoms with Crippen molar-refractivity contribution in [2.24, 2.45) is 0 Å². The first-order valence-corrected chi connectivity index (χ1v) is 5.37. The Morgan fingerprint density at radius 1 is 1.56 bits per heavy atom. The van der Waals surface area contributed by atoms with Gasteiger partial charge in [0.1, 0.15) is 12.3 Å². The molecule has 2 rings (SSSR count). The van der Waals surface area contributed by atoms with Gasteiger partial charge in [-0.25, -0.2) is 0 Å². The maximum atomic E-state index is 11.5. The van der Waals surface area contributed by atoms with E-state index in [0.29, 0.717) is 5.69 Å². The zero-order valence-electron chi connectivity index (χ0n) is 9.80. The summed E-state index contributed by atoms with van der Waals surface area (Å²) in [5.74, 6) is -0.432. The summed E-state index contributed by atoms with van der Waals surface area (Å²) in [6.07, 6.45) is 3.06. The molecule has 6 nitrogen and oxygen atoms in total. The second kappa shape index (κ2) is 5.31. The Hall–Kier alpha value is -2.37. The molecule has 0 unspecified atom stereocenters. The van der Waals surface area contributed by atoms with Gasteiger partial charge in [0.2, 0.25) is 5.43 Å². The van der Waals surface area contributed by atoms with E-state index >= 15 is 0 Å². The number of hydrogen-bond donors (Lipinski definition) is 1. The summed E-state index contributed by atoms with van der Waals surface area (Å²) in [6, 6.07) is 3.09. The third-order valence-corrected chi connectivity index (χ3v) is 2.30. The molecule has 0 amide bonds. The molecule has 0 spiro atoms. The summed E-state index contributed by atoms with van der Waals surface area (Å²) in [7, 11) is 0. The van der Waals surface area contributed by atoms with E-state index in [1.165, 1.54) is 18.6 Å². The van der Waals surface area contributed by atoms with E-state index in [0.717, 1.165) is 5.56 Å². The van der Waals surface area contributed by atoms with Crippen molar-refractivity contribution in [3.63, 3.8) is 0 Å². The predicted molar refractivity (Wildman–Crippen MR) is 61.8 cm³/mol. The van der Waals surface area contributed by atoms with Crippen LogP contribution in [0.15, 0.2) is 33.9 Å². The van der Waals surface area contributed by atoms with Crippen LogP contribution in [0.1, 0.15) is 17.0 Å². The highest BCUT2D eigenvalue weighted by Crippen LogP contribution is 2.02. The minimum absolute atomic E-state index is 0.111. The van der Waals surface area contributed by atoms with Crippen molar-refractivity contribution in [3.05, 3.63) is 51.8 Å². The number of rotatable bonds is 4. The van der Waals surface area contributed by atoms with Gasteiger partial charge in [-0.05, 0) is 13.0 Å². The number of nitrogens with one attached hydrogen (secondary N) is 1. The van der Waals surface area contributed by atoms with Crippen LogP contribution in [0.3, 0.4) is 0 Å². The number of hydrogen-bond acceptors (Lipinski definition) is 5. The fourth-order valence-electron chi connectivity index (χ4n) is 1.39. The zero-order valence-corrected chi connectivity index (χ0v) is 9.80. The van der Waals surface area contributed by atoms with E-state index < -0.39 is 5.97 Å². The molecule has 0 aromatic carbocycles. The number of furan rings is 1. The molecule has 6 heteroatoms. The molecule has 2 aromatic heterocycles. The highest BCUT2D eigenvalue weighted by molar-refractivity contribution is 5.72.